The molecule has 0 spiro atoms. The van der Waals surface area contributed by atoms with Gasteiger partial charge in [-0.1, -0.05) is 19.9 Å². The first-order valence-electron chi connectivity index (χ1n) is 5.86. The molecule has 1 N–H and O–H groups in total. The minimum absolute atomic E-state index is 0.0104. The van der Waals surface area contributed by atoms with Gasteiger partial charge in [0.05, 0.1) is 5.37 Å². The van der Waals surface area contributed by atoms with Crippen molar-refractivity contribution < 1.29 is 14.7 Å². The van der Waals surface area contributed by atoms with E-state index in [1.807, 2.05) is 19.9 Å². The number of allylic oxidation sites excluding steroid dienone is 1. The Morgan fingerprint density at radius 3 is 2.59 bits per heavy atom. The summed E-state index contributed by atoms with van der Waals surface area (Å²) in [5.74, 6) is -0.568. The van der Waals surface area contributed by atoms with Crippen LogP contribution in [-0.4, -0.2) is 39.1 Å². The van der Waals surface area contributed by atoms with Crippen molar-refractivity contribution in [3.8, 4) is 0 Å². The molecule has 4 nitrogen and oxygen atoms in total. The highest BCUT2D eigenvalue weighted by molar-refractivity contribution is 8.00. The van der Waals surface area contributed by atoms with Crippen molar-refractivity contribution in [1.82, 2.24) is 4.90 Å². The zero-order valence-electron chi connectivity index (χ0n) is 10.5. The monoisotopic (exact) mass is 257 g/mol. The predicted octanol–water partition coefficient (Wildman–Crippen LogP) is 2.11. The molecule has 1 aliphatic heterocycles. The molecule has 0 radical (unpaired) electrons. The number of hydrogen-bond donors (Lipinski definition) is 1. The van der Waals surface area contributed by atoms with E-state index in [2.05, 4.69) is 0 Å². The molecule has 1 heterocycles. The zero-order chi connectivity index (χ0) is 13.0. The van der Waals surface area contributed by atoms with Crippen LogP contribution in [0, 0.1) is 0 Å². The van der Waals surface area contributed by atoms with Crippen LogP contribution in [0.1, 0.15) is 33.6 Å². The highest BCUT2D eigenvalue weighted by atomic mass is 32.2. The molecule has 0 aromatic carbocycles. The molecule has 2 atom stereocenters. The number of amides is 1. The molecule has 0 bridgehead atoms. The average molecular weight is 257 g/mol. The van der Waals surface area contributed by atoms with Crippen molar-refractivity contribution in [3.63, 3.8) is 0 Å². The summed E-state index contributed by atoms with van der Waals surface area (Å²) in [5, 5.41) is 9.12. The molecule has 1 saturated heterocycles. The second kappa shape index (κ2) is 6.10. The van der Waals surface area contributed by atoms with Gasteiger partial charge in [-0.25, -0.2) is 4.79 Å². The van der Waals surface area contributed by atoms with Gasteiger partial charge >= 0.3 is 5.97 Å². The number of carboxylic acid groups (broad SMARTS) is 1. The van der Waals surface area contributed by atoms with Crippen LogP contribution in [0.15, 0.2) is 11.6 Å². The summed E-state index contributed by atoms with van der Waals surface area (Å²) < 4.78 is 0. The molecule has 17 heavy (non-hydrogen) atoms. The van der Waals surface area contributed by atoms with Gasteiger partial charge < -0.3 is 10.0 Å². The average Bonchev–Trinajstić information content (AvgIpc) is 2.71. The lowest BCUT2D eigenvalue weighted by atomic mass is 10.1. The van der Waals surface area contributed by atoms with Gasteiger partial charge in [0.25, 0.3) is 5.91 Å². The largest absolute Gasteiger partial charge is 0.480 e. The molecule has 2 unspecified atom stereocenters. The lowest BCUT2D eigenvalue weighted by Gasteiger charge is -2.26. The van der Waals surface area contributed by atoms with Gasteiger partial charge in [0, 0.05) is 11.3 Å². The lowest BCUT2D eigenvalue weighted by Crippen LogP contribution is -2.45. The maximum absolute atomic E-state index is 12.2. The maximum atomic E-state index is 12.2. The maximum Gasteiger partial charge on any atom is 0.327 e. The van der Waals surface area contributed by atoms with Crippen molar-refractivity contribution in [1.29, 1.82) is 0 Å². The van der Waals surface area contributed by atoms with Crippen LogP contribution in [0.4, 0.5) is 0 Å². The molecule has 0 aromatic heterocycles. The van der Waals surface area contributed by atoms with Gasteiger partial charge in [0.1, 0.15) is 6.04 Å². The van der Waals surface area contributed by atoms with Gasteiger partial charge in [0.2, 0.25) is 0 Å². The van der Waals surface area contributed by atoms with Gasteiger partial charge in [0.15, 0.2) is 0 Å². The SMILES string of the molecule is CCC=C(C)C(=O)N1C(CC)SCC1C(=O)O. The molecular weight excluding hydrogens is 238 g/mol. The molecule has 0 saturated carbocycles. The van der Waals surface area contributed by atoms with Crippen molar-refractivity contribution >= 4 is 23.6 Å². The first-order chi connectivity index (χ1) is 8.02. The Hall–Kier alpha value is -0.970. The Morgan fingerprint density at radius 1 is 1.47 bits per heavy atom. The van der Waals surface area contributed by atoms with E-state index in [-0.39, 0.29) is 11.3 Å². The number of carboxylic acids is 1. The summed E-state index contributed by atoms with van der Waals surface area (Å²) in [7, 11) is 0. The van der Waals surface area contributed by atoms with Crippen LogP contribution in [0.2, 0.25) is 0 Å². The number of aliphatic carboxylic acids is 1. The number of hydrogen-bond acceptors (Lipinski definition) is 3. The Bertz CT molecular complexity index is 341. The van der Waals surface area contributed by atoms with Crippen molar-refractivity contribution in [2.45, 2.75) is 45.0 Å². The van der Waals surface area contributed by atoms with Crippen LogP contribution in [0.25, 0.3) is 0 Å². The summed E-state index contributed by atoms with van der Waals surface area (Å²) >= 11 is 1.55. The molecule has 0 aromatic rings. The second-order valence-corrected chi connectivity index (χ2v) is 5.27. The molecule has 1 fully saturated rings. The van der Waals surface area contributed by atoms with E-state index in [1.54, 1.807) is 18.7 Å². The third-order valence-electron chi connectivity index (χ3n) is 2.81. The van der Waals surface area contributed by atoms with Crippen LogP contribution in [0.5, 0.6) is 0 Å². The Morgan fingerprint density at radius 2 is 2.12 bits per heavy atom. The van der Waals surface area contributed by atoms with E-state index >= 15 is 0 Å². The summed E-state index contributed by atoms with van der Waals surface area (Å²) in [4.78, 5) is 24.9. The quantitative estimate of drug-likeness (QED) is 0.784. The minimum atomic E-state index is -0.911. The third-order valence-corrected chi connectivity index (χ3v) is 4.26. The smallest absolute Gasteiger partial charge is 0.327 e. The molecule has 1 amide bonds. The van der Waals surface area contributed by atoms with Crippen LogP contribution in [-0.2, 0) is 9.59 Å². The molecular formula is C12H19NO3S. The lowest BCUT2D eigenvalue weighted by molar-refractivity contribution is -0.147. The van der Waals surface area contributed by atoms with E-state index in [9.17, 15) is 9.59 Å². The van der Waals surface area contributed by atoms with Gasteiger partial charge in [-0.05, 0) is 19.8 Å². The summed E-state index contributed by atoms with van der Waals surface area (Å²) in [6.07, 6.45) is 3.41. The number of nitrogens with zero attached hydrogens (tertiary/aromatic N) is 1. The first kappa shape index (κ1) is 14.1. The third kappa shape index (κ3) is 3.03. The normalized spacial score (nSPS) is 25.1. The van der Waals surface area contributed by atoms with E-state index in [4.69, 9.17) is 5.11 Å². The van der Waals surface area contributed by atoms with E-state index in [0.29, 0.717) is 11.3 Å². The fraction of sp³-hybridized carbons (Fsp3) is 0.667. The standard InChI is InChI=1S/C12H19NO3S/c1-4-6-8(3)11(14)13-9(12(15)16)7-17-10(13)5-2/h6,9-10H,4-5,7H2,1-3H3,(H,15,16). The van der Waals surface area contributed by atoms with Gasteiger partial charge in [-0.3, -0.25) is 4.79 Å². The molecule has 1 rings (SSSR count). The number of carbonyl (C=O) groups is 2. The predicted molar refractivity (Wildman–Crippen MR) is 68.9 cm³/mol. The highest BCUT2D eigenvalue weighted by Gasteiger charge is 2.40. The number of thioether (sulfide) groups is 1. The highest BCUT2D eigenvalue weighted by Crippen LogP contribution is 2.32. The first-order valence-corrected chi connectivity index (χ1v) is 6.91. The second-order valence-electron chi connectivity index (χ2n) is 4.06. The topological polar surface area (TPSA) is 57.6 Å². The van der Waals surface area contributed by atoms with E-state index in [0.717, 1.165) is 12.8 Å². The Kier molecular flexibility index (Phi) is 5.05. The van der Waals surface area contributed by atoms with Crippen molar-refractivity contribution in [2.75, 3.05) is 5.75 Å². The fourth-order valence-corrected chi connectivity index (χ4v) is 3.28. The van der Waals surface area contributed by atoms with Crippen LogP contribution < -0.4 is 0 Å². The number of rotatable bonds is 4. The van der Waals surface area contributed by atoms with E-state index in [1.165, 1.54) is 4.90 Å². The zero-order valence-corrected chi connectivity index (χ0v) is 11.3. The Balaban J connectivity index is 2.92. The molecule has 1 aliphatic rings. The summed E-state index contributed by atoms with van der Waals surface area (Å²) in [6, 6.07) is -0.683. The van der Waals surface area contributed by atoms with Crippen molar-refractivity contribution in [2.24, 2.45) is 0 Å². The fourth-order valence-electron chi connectivity index (χ4n) is 1.94. The van der Waals surface area contributed by atoms with Crippen molar-refractivity contribution in [3.05, 3.63) is 11.6 Å². The van der Waals surface area contributed by atoms with Crippen LogP contribution in [0.3, 0.4) is 0 Å². The summed E-state index contributed by atoms with van der Waals surface area (Å²) in [6.45, 7) is 5.68. The van der Waals surface area contributed by atoms with E-state index < -0.39 is 12.0 Å². The molecule has 5 heteroatoms. The molecule has 0 aliphatic carbocycles. The molecule has 96 valence electrons. The Labute approximate surface area is 106 Å². The minimum Gasteiger partial charge on any atom is -0.480 e. The summed E-state index contributed by atoms with van der Waals surface area (Å²) in [5.41, 5.74) is 0.639. The van der Waals surface area contributed by atoms with Crippen LogP contribution >= 0.6 is 11.8 Å². The number of carbonyl (C=O) groups excluding carboxylic acids is 1. The van der Waals surface area contributed by atoms with Gasteiger partial charge in [-0.15, -0.1) is 11.8 Å². The van der Waals surface area contributed by atoms with Gasteiger partial charge in [-0.2, -0.15) is 0 Å².